The lowest BCUT2D eigenvalue weighted by atomic mass is 9.98. The van der Waals surface area contributed by atoms with Crippen molar-refractivity contribution in [2.24, 2.45) is 0 Å². The molecule has 0 N–H and O–H groups in total. The lowest BCUT2D eigenvalue weighted by Gasteiger charge is -2.05. The number of para-hydroxylation sites is 1. The number of hydrogen-bond acceptors (Lipinski definition) is 1. The van der Waals surface area contributed by atoms with Crippen LogP contribution in [0.25, 0.3) is 33.1 Å². The summed E-state index contributed by atoms with van der Waals surface area (Å²) in [7, 11) is 0. The molecule has 0 aliphatic carbocycles. The molecule has 0 saturated heterocycles. The molecule has 0 spiro atoms. The molecule has 102 valence electrons. The third-order valence-corrected chi connectivity index (χ3v) is 4.04. The van der Waals surface area contributed by atoms with Gasteiger partial charge >= 0.3 is 0 Å². The van der Waals surface area contributed by atoms with Crippen LogP contribution in [0.5, 0.6) is 0 Å². The molecular formula is C20H16O. The van der Waals surface area contributed by atoms with Crippen molar-refractivity contribution in [3.8, 4) is 11.1 Å². The first-order valence-corrected chi connectivity index (χ1v) is 7.36. The van der Waals surface area contributed by atoms with Crippen LogP contribution in [-0.2, 0) is 6.42 Å². The highest BCUT2D eigenvalue weighted by Crippen LogP contribution is 2.35. The Kier molecular flexibility index (Phi) is 2.78. The molecule has 21 heavy (non-hydrogen) atoms. The van der Waals surface area contributed by atoms with Crippen molar-refractivity contribution in [3.63, 3.8) is 0 Å². The van der Waals surface area contributed by atoms with Crippen molar-refractivity contribution < 1.29 is 4.42 Å². The van der Waals surface area contributed by atoms with Crippen LogP contribution < -0.4 is 0 Å². The van der Waals surface area contributed by atoms with Crippen molar-refractivity contribution in [1.82, 2.24) is 0 Å². The molecule has 0 bridgehead atoms. The first-order valence-electron chi connectivity index (χ1n) is 7.36. The largest absolute Gasteiger partial charge is 0.456 e. The minimum atomic E-state index is 0.965. The second-order valence-corrected chi connectivity index (χ2v) is 5.33. The van der Waals surface area contributed by atoms with Gasteiger partial charge in [0.15, 0.2) is 0 Å². The van der Waals surface area contributed by atoms with Gasteiger partial charge in [0, 0.05) is 10.8 Å². The van der Waals surface area contributed by atoms with E-state index in [2.05, 4.69) is 61.5 Å². The predicted molar refractivity (Wildman–Crippen MR) is 88.5 cm³/mol. The Morgan fingerprint density at radius 2 is 1.52 bits per heavy atom. The second-order valence-electron chi connectivity index (χ2n) is 5.33. The van der Waals surface area contributed by atoms with E-state index in [9.17, 15) is 0 Å². The van der Waals surface area contributed by atoms with E-state index >= 15 is 0 Å². The van der Waals surface area contributed by atoms with Gasteiger partial charge in [-0.15, -0.1) is 0 Å². The molecule has 1 heterocycles. The van der Waals surface area contributed by atoms with Gasteiger partial charge in [-0.25, -0.2) is 0 Å². The zero-order valence-electron chi connectivity index (χ0n) is 12.0. The van der Waals surface area contributed by atoms with Crippen molar-refractivity contribution in [3.05, 3.63) is 72.3 Å². The average Bonchev–Trinajstić information content (AvgIpc) is 2.93. The molecule has 0 radical (unpaired) electrons. The Morgan fingerprint density at radius 1 is 0.762 bits per heavy atom. The van der Waals surface area contributed by atoms with Crippen molar-refractivity contribution >= 4 is 21.9 Å². The summed E-state index contributed by atoms with van der Waals surface area (Å²) in [6.45, 7) is 2.18. The molecule has 1 nitrogen and oxygen atoms in total. The smallest absolute Gasteiger partial charge is 0.138 e. The van der Waals surface area contributed by atoms with Gasteiger partial charge < -0.3 is 4.42 Å². The number of aryl methyl sites for hydroxylation is 1. The molecule has 1 aromatic heterocycles. The van der Waals surface area contributed by atoms with Crippen molar-refractivity contribution in [2.75, 3.05) is 0 Å². The Labute approximate surface area is 123 Å². The molecule has 0 aliphatic heterocycles. The lowest BCUT2D eigenvalue weighted by molar-refractivity contribution is 0.663. The maximum Gasteiger partial charge on any atom is 0.138 e. The third-order valence-electron chi connectivity index (χ3n) is 4.04. The van der Waals surface area contributed by atoms with E-state index in [1.807, 2.05) is 12.1 Å². The van der Waals surface area contributed by atoms with E-state index in [1.165, 1.54) is 27.5 Å². The highest BCUT2D eigenvalue weighted by atomic mass is 16.3. The summed E-state index contributed by atoms with van der Waals surface area (Å²) >= 11 is 0. The molecule has 0 aliphatic rings. The fraction of sp³-hybridized carbons (Fsp3) is 0.100. The van der Waals surface area contributed by atoms with Gasteiger partial charge in [-0.05, 0) is 41.3 Å². The van der Waals surface area contributed by atoms with Crippen LogP contribution in [0.3, 0.4) is 0 Å². The maximum absolute atomic E-state index is 6.07. The molecule has 1 heteroatoms. The van der Waals surface area contributed by atoms with Crippen molar-refractivity contribution in [1.29, 1.82) is 0 Å². The average molecular weight is 272 g/mol. The van der Waals surface area contributed by atoms with Gasteiger partial charge in [-0.3, -0.25) is 0 Å². The van der Waals surface area contributed by atoms with Gasteiger partial charge in [0.1, 0.15) is 11.2 Å². The van der Waals surface area contributed by atoms with Gasteiger partial charge in [-0.1, -0.05) is 55.5 Å². The first-order chi connectivity index (χ1) is 10.4. The molecule has 3 aromatic carbocycles. The maximum atomic E-state index is 6.07. The monoisotopic (exact) mass is 272 g/mol. The topological polar surface area (TPSA) is 13.1 Å². The van der Waals surface area contributed by atoms with Crippen LogP contribution in [0.2, 0.25) is 0 Å². The quantitative estimate of drug-likeness (QED) is 0.448. The Balaban J connectivity index is 2.08. The van der Waals surface area contributed by atoms with E-state index < -0.39 is 0 Å². The van der Waals surface area contributed by atoms with Crippen molar-refractivity contribution in [2.45, 2.75) is 13.3 Å². The molecule has 0 unspecified atom stereocenters. The van der Waals surface area contributed by atoms with Crippen LogP contribution in [0.15, 0.2) is 71.1 Å². The summed E-state index contributed by atoms with van der Waals surface area (Å²) in [5.74, 6) is 0. The molecule has 0 fully saturated rings. The number of fused-ring (bicyclic) bond motifs is 3. The molecular weight excluding hydrogens is 256 g/mol. The second kappa shape index (κ2) is 4.78. The minimum absolute atomic E-state index is 0.965. The first kappa shape index (κ1) is 12.2. The van der Waals surface area contributed by atoms with Crippen LogP contribution in [0.4, 0.5) is 0 Å². The van der Waals surface area contributed by atoms with Crippen LogP contribution in [0.1, 0.15) is 12.5 Å². The van der Waals surface area contributed by atoms with Gasteiger partial charge in [0.05, 0.1) is 0 Å². The number of benzene rings is 3. The summed E-state index contributed by atoms with van der Waals surface area (Å²) in [4.78, 5) is 0. The van der Waals surface area contributed by atoms with E-state index in [0.29, 0.717) is 0 Å². The Morgan fingerprint density at radius 3 is 2.33 bits per heavy atom. The summed E-state index contributed by atoms with van der Waals surface area (Å²) < 4.78 is 6.07. The summed E-state index contributed by atoms with van der Waals surface area (Å²) in [5, 5.41) is 2.41. The van der Waals surface area contributed by atoms with Crippen LogP contribution in [-0.4, -0.2) is 0 Å². The standard InChI is InChI=1S/C20H16O/c1-2-14-12-16(15-8-4-3-5-9-15)13-18-17-10-6-7-11-19(17)21-20(14)18/h3-13H,2H2,1H3. The molecule has 0 atom stereocenters. The summed E-state index contributed by atoms with van der Waals surface area (Å²) in [5.41, 5.74) is 5.76. The number of hydrogen-bond donors (Lipinski definition) is 0. The minimum Gasteiger partial charge on any atom is -0.456 e. The summed E-state index contributed by atoms with van der Waals surface area (Å²) in [6, 6.07) is 23.3. The van der Waals surface area contributed by atoms with E-state index in [0.717, 1.165) is 17.6 Å². The van der Waals surface area contributed by atoms with Crippen LogP contribution in [0, 0.1) is 0 Å². The number of furan rings is 1. The lowest BCUT2D eigenvalue weighted by Crippen LogP contribution is -1.84. The molecule has 4 rings (SSSR count). The number of rotatable bonds is 2. The predicted octanol–water partition coefficient (Wildman–Crippen LogP) is 5.82. The van der Waals surface area contributed by atoms with Gasteiger partial charge in [0.2, 0.25) is 0 Å². The van der Waals surface area contributed by atoms with E-state index in [4.69, 9.17) is 4.42 Å². The normalized spacial score (nSPS) is 11.3. The molecule has 4 aromatic rings. The van der Waals surface area contributed by atoms with Crippen LogP contribution >= 0.6 is 0 Å². The molecule has 0 amide bonds. The molecule has 0 saturated carbocycles. The fourth-order valence-corrected chi connectivity index (χ4v) is 2.96. The zero-order chi connectivity index (χ0) is 14.2. The van der Waals surface area contributed by atoms with E-state index in [-0.39, 0.29) is 0 Å². The van der Waals surface area contributed by atoms with Gasteiger partial charge in [-0.2, -0.15) is 0 Å². The fourth-order valence-electron chi connectivity index (χ4n) is 2.96. The van der Waals surface area contributed by atoms with E-state index in [1.54, 1.807) is 0 Å². The zero-order valence-corrected chi connectivity index (χ0v) is 12.0. The Hall–Kier alpha value is -2.54. The Bertz CT molecular complexity index is 917. The highest BCUT2D eigenvalue weighted by molar-refractivity contribution is 6.07. The van der Waals surface area contributed by atoms with Gasteiger partial charge in [0.25, 0.3) is 0 Å². The third kappa shape index (κ3) is 1.93. The highest BCUT2D eigenvalue weighted by Gasteiger charge is 2.12. The summed E-state index contributed by atoms with van der Waals surface area (Å²) in [6.07, 6.45) is 0.969. The SMILES string of the molecule is CCc1cc(-c2ccccc2)cc2c1oc1ccccc12.